The molecule has 1 aliphatic rings. The van der Waals surface area contributed by atoms with Gasteiger partial charge in [0, 0.05) is 49.8 Å². The van der Waals surface area contributed by atoms with Crippen LogP contribution in [-0.2, 0) is 26.5 Å². The number of hydrogen-bond donors (Lipinski definition) is 2. The van der Waals surface area contributed by atoms with Crippen LogP contribution in [-0.4, -0.2) is 67.0 Å². The van der Waals surface area contributed by atoms with Crippen molar-refractivity contribution in [3.05, 3.63) is 54.1 Å². The summed E-state index contributed by atoms with van der Waals surface area (Å²) >= 11 is 0. The predicted octanol–water partition coefficient (Wildman–Crippen LogP) is 1.79. The second-order valence-electron chi connectivity index (χ2n) is 7.57. The number of benzene rings is 2. The summed E-state index contributed by atoms with van der Waals surface area (Å²) in [5, 5.41) is 0. The standard InChI is InChI=1S/C20H28N4O4S2/c1-29(25,26)21-18-5-3-17(4-6-18)11-12-23-13-15-24(16-14-23)20-9-7-19(8-10-20)22-30(2,27)28/h3-10,21-22H,11-16H2,1-2H3. The van der Waals surface area contributed by atoms with Gasteiger partial charge in [0.15, 0.2) is 0 Å². The molecule has 2 aromatic carbocycles. The van der Waals surface area contributed by atoms with Crippen molar-refractivity contribution in [2.45, 2.75) is 6.42 Å². The minimum absolute atomic E-state index is 0.567. The zero-order valence-corrected chi connectivity index (χ0v) is 18.8. The fourth-order valence-electron chi connectivity index (χ4n) is 3.42. The van der Waals surface area contributed by atoms with Crippen LogP contribution in [0.4, 0.5) is 17.1 Å². The molecule has 0 bridgehead atoms. The number of rotatable bonds is 8. The molecule has 0 aliphatic carbocycles. The minimum atomic E-state index is -3.26. The normalized spacial score (nSPS) is 15.7. The number of piperazine rings is 1. The van der Waals surface area contributed by atoms with Crippen LogP contribution in [0.1, 0.15) is 5.56 Å². The van der Waals surface area contributed by atoms with Crippen LogP contribution in [0.15, 0.2) is 48.5 Å². The highest BCUT2D eigenvalue weighted by atomic mass is 32.2. The molecular formula is C20H28N4O4S2. The van der Waals surface area contributed by atoms with Crippen LogP contribution in [0.5, 0.6) is 0 Å². The molecule has 164 valence electrons. The maximum Gasteiger partial charge on any atom is 0.229 e. The molecule has 30 heavy (non-hydrogen) atoms. The van der Waals surface area contributed by atoms with Crippen LogP contribution in [0.3, 0.4) is 0 Å². The van der Waals surface area contributed by atoms with Gasteiger partial charge in [0.1, 0.15) is 0 Å². The summed E-state index contributed by atoms with van der Waals surface area (Å²) in [5.74, 6) is 0. The molecule has 2 N–H and O–H groups in total. The summed E-state index contributed by atoms with van der Waals surface area (Å²) in [6.07, 6.45) is 3.19. The first-order valence-electron chi connectivity index (χ1n) is 9.69. The van der Waals surface area contributed by atoms with Crippen molar-refractivity contribution < 1.29 is 16.8 Å². The molecule has 1 saturated heterocycles. The fraction of sp³-hybridized carbons (Fsp3) is 0.400. The van der Waals surface area contributed by atoms with E-state index >= 15 is 0 Å². The summed E-state index contributed by atoms with van der Waals surface area (Å²) in [4.78, 5) is 4.71. The Kier molecular flexibility index (Phi) is 6.89. The Labute approximate surface area is 179 Å². The Bertz CT molecular complexity index is 1040. The van der Waals surface area contributed by atoms with Gasteiger partial charge in [-0.1, -0.05) is 12.1 Å². The van der Waals surface area contributed by atoms with E-state index in [1.807, 2.05) is 24.3 Å². The lowest BCUT2D eigenvalue weighted by atomic mass is 10.1. The van der Waals surface area contributed by atoms with Gasteiger partial charge in [-0.05, 0) is 48.4 Å². The van der Waals surface area contributed by atoms with E-state index in [-0.39, 0.29) is 0 Å². The van der Waals surface area contributed by atoms with Gasteiger partial charge < -0.3 is 4.90 Å². The number of nitrogens with one attached hydrogen (secondary N) is 2. The SMILES string of the molecule is CS(=O)(=O)Nc1ccc(CCN2CCN(c3ccc(NS(C)(=O)=O)cc3)CC2)cc1. The van der Waals surface area contributed by atoms with Crippen molar-refractivity contribution in [2.24, 2.45) is 0 Å². The van der Waals surface area contributed by atoms with Gasteiger partial charge in [0.25, 0.3) is 0 Å². The molecule has 10 heteroatoms. The van der Waals surface area contributed by atoms with E-state index in [0.29, 0.717) is 11.4 Å². The van der Waals surface area contributed by atoms with Crippen molar-refractivity contribution in [1.29, 1.82) is 0 Å². The van der Waals surface area contributed by atoms with Crippen molar-refractivity contribution in [1.82, 2.24) is 4.90 Å². The molecule has 0 unspecified atom stereocenters. The highest BCUT2D eigenvalue weighted by molar-refractivity contribution is 7.92. The first-order chi connectivity index (χ1) is 14.1. The summed E-state index contributed by atoms with van der Waals surface area (Å²) < 4.78 is 50.1. The lowest BCUT2D eigenvalue weighted by Crippen LogP contribution is -2.47. The molecular weight excluding hydrogens is 424 g/mol. The lowest BCUT2D eigenvalue weighted by Gasteiger charge is -2.36. The van der Waals surface area contributed by atoms with E-state index in [2.05, 4.69) is 19.2 Å². The molecule has 0 spiro atoms. The van der Waals surface area contributed by atoms with Gasteiger partial charge in [0.05, 0.1) is 12.5 Å². The highest BCUT2D eigenvalue weighted by Crippen LogP contribution is 2.20. The van der Waals surface area contributed by atoms with Gasteiger partial charge in [-0.25, -0.2) is 16.8 Å². The number of anilines is 3. The van der Waals surface area contributed by atoms with Crippen LogP contribution in [0.25, 0.3) is 0 Å². The molecule has 0 radical (unpaired) electrons. The topological polar surface area (TPSA) is 98.8 Å². The van der Waals surface area contributed by atoms with Crippen molar-refractivity contribution in [3.8, 4) is 0 Å². The van der Waals surface area contributed by atoms with E-state index in [9.17, 15) is 16.8 Å². The fourth-order valence-corrected chi connectivity index (χ4v) is 4.55. The van der Waals surface area contributed by atoms with E-state index in [1.54, 1.807) is 24.3 Å². The monoisotopic (exact) mass is 452 g/mol. The summed E-state index contributed by atoms with van der Waals surface area (Å²) in [6.45, 7) is 4.68. The van der Waals surface area contributed by atoms with Crippen molar-refractivity contribution in [3.63, 3.8) is 0 Å². The zero-order chi connectivity index (χ0) is 21.8. The zero-order valence-electron chi connectivity index (χ0n) is 17.2. The molecule has 0 amide bonds. The summed E-state index contributed by atoms with van der Waals surface area (Å²) in [5.41, 5.74) is 3.40. The smallest absolute Gasteiger partial charge is 0.229 e. The van der Waals surface area contributed by atoms with E-state index in [4.69, 9.17) is 0 Å². The average Bonchev–Trinajstić information content (AvgIpc) is 2.66. The number of sulfonamides is 2. The molecule has 1 heterocycles. The predicted molar refractivity (Wildman–Crippen MR) is 122 cm³/mol. The van der Waals surface area contributed by atoms with Crippen LogP contribution < -0.4 is 14.3 Å². The van der Waals surface area contributed by atoms with Gasteiger partial charge in [-0.15, -0.1) is 0 Å². The molecule has 1 aliphatic heterocycles. The van der Waals surface area contributed by atoms with E-state index in [0.717, 1.165) is 57.3 Å². The van der Waals surface area contributed by atoms with Gasteiger partial charge in [-0.3, -0.25) is 14.3 Å². The lowest BCUT2D eigenvalue weighted by molar-refractivity contribution is 0.261. The largest absolute Gasteiger partial charge is 0.369 e. The summed E-state index contributed by atoms with van der Waals surface area (Å²) in [7, 11) is -6.51. The third-order valence-corrected chi connectivity index (χ3v) is 6.09. The van der Waals surface area contributed by atoms with Crippen LogP contribution in [0, 0.1) is 0 Å². The molecule has 1 fully saturated rings. The Hall–Kier alpha value is -2.30. The molecule has 8 nitrogen and oxygen atoms in total. The van der Waals surface area contributed by atoms with Crippen LogP contribution >= 0.6 is 0 Å². The molecule has 0 saturated carbocycles. The second kappa shape index (κ2) is 9.23. The second-order valence-corrected chi connectivity index (χ2v) is 11.1. The first kappa shape index (κ1) is 22.4. The van der Waals surface area contributed by atoms with Gasteiger partial charge in [0.2, 0.25) is 20.0 Å². The summed E-state index contributed by atoms with van der Waals surface area (Å²) in [6, 6.07) is 14.9. The average molecular weight is 453 g/mol. The third-order valence-electron chi connectivity index (χ3n) is 4.88. The Morgan fingerprint density at radius 2 is 1.20 bits per heavy atom. The van der Waals surface area contributed by atoms with E-state index in [1.165, 1.54) is 5.56 Å². The molecule has 2 aromatic rings. The van der Waals surface area contributed by atoms with Crippen molar-refractivity contribution >= 4 is 37.1 Å². The maximum atomic E-state index is 11.3. The molecule has 0 aromatic heterocycles. The Morgan fingerprint density at radius 3 is 1.67 bits per heavy atom. The highest BCUT2D eigenvalue weighted by Gasteiger charge is 2.17. The minimum Gasteiger partial charge on any atom is -0.369 e. The third kappa shape index (κ3) is 7.19. The van der Waals surface area contributed by atoms with Gasteiger partial charge in [-0.2, -0.15) is 0 Å². The Morgan fingerprint density at radius 1 is 0.733 bits per heavy atom. The number of nitrogens with zero attached hydrogens (tertiary/aromatic N) is 2. The van der Waals surface area contributed by atoms with Crippen LogP contribution in [0.2, 0.25) is 0 Å². The van der Waals surface area contributed by atoms with E-state index < -0.39 is 20.0 Å². The molecule has 3 rings (SSSR count). The Balaban J connectivity index is 1.45. The maximum absolute atomic E-state index is 11.3. The quantitative estimate of drug-likeness (QED) is 0.634. The van der Waals surface area contributed by atoms with Crippen molar-refractivity contribution in [2.75, 3.05) is 59.6 Å². The number of hydrogen-bond acceptors (Lipinski definition) is 6. The first-order valence-corrected chi connectivity index (χ1v) is 13.5. The van der Waals surface area contributed by atoms with Gasteiger partial charge >= 0.3 is 0 Å². The molecule has 0 atom stereocenters.